The van der Waals surface area contributed by atoms with Gasteiger partial charge in [-0.25, -0.2) is 0 Å². The normalized spacial score (nSPS) is 20.8. The van der Waals surface area contributed by atoms with Crippen molar-refractivity contribution in [1.29, 1.82) is 0 Å². The van der Waals surface area contributed by atoms with Gasteiger partial charge >= 0.3 is 0 Å². The van der Waals surface area contributed by atoms with Gasteiger partial charge < -0.3 is 10.2 Å². The lowest BCUT2D eigenvalue weighted by atomic mass is 10.1. The largest absolute Gasteiger partial charge is 0.354 e. The summed E-state index contributed by atoms with van der Waals surface area (Å²) in [6, 6.07) is 0.422. The Morgan fingerprint density at radius 2 is 2.08 bits per heavy atom. The van der Waals surface area contributed by atoms with Crippen molar-refractivity contribution >= 4 is 5.91 Å². The van der Waals surface area contributed by atoms with Crippen LogP contribution in [-0.4, -0.2) is 36.5 Å². The Balaban J connectivity index is 2.21. The standard InChI is InChI=1S/C9H18N2O/c1-3-11-6-4-9(5-7-11)10-8(2)12/h9H,3-7H2,1-2H3,(H,10,12). The molecule has 70 valence electrons. The number of hydrogen-bond donors (Lipinski definition) is 1. The Morgan fingerprint density at radius 3 is 2.50 bits per heavy atom. The Morgan fingerprint density at radius 1 is 1.50 bits per heavy atom. The Bertz CT molecular complexity index is 151. The van der Waals surface area contributed by atoms with Crippen LogP contribution in [0.25, 0.3) is 0 Å². The molecular formula is C9H18N2O. The molecule has 0 aliphatic carbocycles. The minimum absolute atomic E-state index is 0.102. The van der Waals surface area contributed by atoms with Crippen LogP contribution in [0.4, 0.5) is 0 Å². The number of nitrogens with one attached hydrogen (secondary N) is 1. The van der Waals surface area contributed by atoms with Crippen LogP contribution in [0.15, 0.2) is 0 Å². The maximum absolute atomic E-state index is 10.7. The molecule has 0 bridgehead atoms. The number of amides is 1. The Kier molecular flexibility index (Phi) is 3.53. The predicted molar refractivity (Wildman–Crippen MR) is 49.0 cm³/mol. The molecular weight excluding hydrogens is 152 g/mol. The highest BCUT2D eigenvalue weighted by Crippen LogP contribution is 2.09. The number of nitrogens with zero attached hydrogens (tertiary/aromatic N) is 1. The van der Waals surface area contributed by atoms with Gasteiger partial charge in [0.15, 0.2) is 0 Å². The average Bonchev–Trinajstić information content (AvgIpc) is 2.05. The van der Waals surface area contributed by atoms with Gasteiger partial charge in [0.1, 0.15) is 0 Å². The van der Waals surface area contributed by atoms with Gasteiger partial charge in [-0.15, -0.1) is 0 Å². The van der Waals surface area contributed by atoms with Crippen molar-refractivity contribution in [2.75, 3.05) is 19.6 Å². The monoisotopic (exact) mass is 170 g/mol. The molecule has 1 heterocycles. The van der Waals surface area contributed by atoms with E-state index in [2.05, 4.69) is 17.1 Å². The molecule has 1 aliphatic heterocycles. The van der Waals surface area contributed by atoms with Gasteiger partial charge in [0.25, 0.3) is 0 Å². The smallest absolute Gasteiger partial charge is 0.217 e. The zero-order valence-corrected chi connectivity index (χ0v) is 7.97. The lowest BCUT2D eigenvalue weighted by Gasteiger charge is -2.31. The maximum Gasteiger partial charge on any atom is 0.217 e. The van der Waals surface area contributed by atoms with Crippen molar-refractivity contribution in [2.45, 2.75) is 32.7 Å². The molecule has 0 aromatic heterocycles. The number of carbonyl (C=O) groups excluding carboxylic acids is 1. The number of rotatable bonds is 2. The van der Waals surface area contributed by atoms with E-state index in [0.29, 0.717) is 6.04 Å². The number of likely N-dealkylation sites (tertiary alicyclic amines) is 1. The third kappa shape index (κ3) is 2.81. The summed E-state index contributed by atoms with van der Waals surface area (Å²) in [5.74, 6) is 0.102. The van der Waals surface area contributed by atoms with Gasteiger partial charge in [0, 0.05) is 26.1 Å². The van der Waals surface area contributed by atoms with E-state index in [0.717, 1.165) is 32.5 Å². The highest BCUT2D eigenvalue weighted by atomic mass is 16.1. The van der Waals surface area contributed by atoms with Crippen LogP contribution in [-0.2, 0) is 4.79 Å². The molecule has 12 heavy (non-hydrogen) atoms. The van der Waals surface area contributed by atoms with Gasteiger partial charge in [-0.2, -0.15) is 0 Å². The van der Waals surface area contributed by atoms with Crippen LogP contribution in [0.1, 0.15) is 26.7 Å². The van der Waals surface area contributed by atoms with E-state index in [9.17, 15) is 4.79 Å². The van der Waals surface area contributed by atoms with E-state index in [4.69, 9.17) is 0 Å². The summed E-state index contributed by atoms with van der Waals surface area (Å²) in [4.78, 5) is 13.2. The lowest BCUT2D eigenvalue weighted by molar-refractivity contribution is -0.119. The predicted octanol–water partition coefficient (Wildman–Crippen LogP) is 0.607. The second kappa shape index (κ2) is 4.45. The first-order valence-electron chi connectivity index (χ1n) is 4.72. The highest BCUT2D eigenvalue weighted by molar-refractivity contribution is 5.73. The summed E-state index contributed by atoms with van der Waals surface area (Å²) < 4.78 is 0. The number of carbonyl (C=O) groups is 1. The van der Waals surface area contributed by atoms with Crippen LogP contribution in [0.5, 0.6) is 0 Å². The maximum atomic E-state index is 10.7. The molecule has 3 nitrogen and oxygen atoms in total. The van der Waals surface area contributed by atoms with Gasteiger partial charge in [-0.1, -0.05) is 6.92 Å². The van der Waals surface area contributed by atoms with Crippen LogP contribution in [0, 0.1) is 0 Å². The van der Waals surface area contributed by atoms with Crippen LogP contribution in [0.2, 0.25) is 0 Å². The fourth-order valence-corrected chi connectivity index (χ4v) is 1.68. The molecule has 0 aromatic carbocycles. The van der Waals surface area contributed by atoms with E-state index in [1.54, 1.807) is 6.92 Å². The molecule has 0 radical (unpaired) electrons. The van der Waals surface area contributed by atoms with E-state index >= 15 is 0 Å². The molecule has 1 rings (SSSR count). The summed E-state index contributed by atoms with van der Waals surface area (Å²) >= 11 is 0. The second-order valence-corrected chi connectivity index (χ2v) is 3.41. The average molecular weight is 170 g/mol. The summed E-state index contributed by atoms with van der Waals surface area (Å²) in [5.41, 5.74) is 0. The van der Waals surface area contributed by atoms with E-state index in [1.807, 2.05) is 0 Å². The molecule has 3 heteroatoms. The van der Waals surface area contributed by atoms with Gasteiger partial charge in [0.05, 0.1) is 0 Å². The third-order valence-electron chi connectivity index (χ3n) is 2.44. The lowest BCUT2D eigenvalue weighted by Crippen LogP contribution is -2.43. The first-order valence-corrected chi connectivity index (χ1v) is 4.72. The molecule has 0 saturated carbocycles. The molecule has 0 aromatic rings. The molecule has 0 atom stereocenters. The van der Waals surface area contributed by atoms with Crippen molar-refractivity contribution in [3.8, 4) is 0 Å². The molecule has 1 saturated heterocycles. The van der Waals surface area contributed by atoms with Crippen molar-refractivity contribution < 1.29 is 4.79 Å². The minimum Gasteiger partial charge on any atom is -0.354 e. The Hall–Kier alpha value is -0.570. The number of hydrogen-bond acceptors (Lipinski definition) is 2. The molecule has 1 amide bonds. The summed E-state index contributed by atoms with van der Waals surface area (Å²) in [6.45, 7) is 7.15. The molecule has 1 aliphatic rings. The van der Waals surface area contributed by atoms with Gasteiger partial charge in [-0.3, -0.25) is 4.79 Å². The van der Waals surface area contributed by atoms with E-state index < -0.39 is 0 Å². The quantitative estimate of drug-likeness (QED) is 0.658. The van der Waals surface area contributed by atoms with Gasteiger partial charge in [0.2, 0.25) is 5.91 Å². The first kappa shape index (κ1) is 9.52. The van der Waals surface area contributed by atoms with Crippen LogP contribution >= 0.6 is 0 Å². The van der Waals surface area contributed by atoms with E-state index in [1.165, 1.54) is 0 Å². The zero-order valence-electron chi connectivity index (χ0n) is 7.97. The topological polar surface area (TPSA) is 32.3 Å². The zero-order chi connectivity index (χ0) is 8.97. The number of piperidine rings is 1. The van der Waals surface area contributed by atoms with Crippen LogP contribution < -0.4 is 5.32 Å². The van der Waals surface area contributed by atoms with Crippen LogP contribution in [0.3, 0.4) is 0 Å². The second-order valence-electron chi connectivity index (χ2n) is 3.41. The van der Waals surface area contributed by atoms with Crippen molar-refractivity contribution in [2.24, 2.45) is 0 Å². The van der Waals surface area contributed by atoms with Crippen molar-refractivity contribution in [3.05, 3.63) is 0 Å². The summed E-state index contributed by atoms with van der Waals surface area (Å²) in [7, 11) is 0. The minimum atomic E-state index is 0.102. The summed E-state index contributed by atoms with van der Waals surface area (Å²) in [5, 5.41) is 2.96. The molecule has 1 fully saturated rings. The summed E-state index contributed by atoms with van der Waals surface area (Å²) in [6.07, 6.45) is 2.21. The molecule has 0 spiro atoms. The third-order valence-corrected chi connectivity index (χ3v) is 2.44. The van der Waals surface area contributed by atoms with Crippen molar-refractivity contribution in [1.82, 2.24) is 10.2 Å². The van der Waals surface area contributed by atoms with Crippen molar-refractivity contribution in [3.63, 3.8) is 0 Å². The fourth-order valence-electron chi connectivity index (χ4n) is 1.68. The van der Waals surface area contributed by atoms with Gasteiger partial charge in [-0.05, 0) is 19.4 Å². The highest BCUT2D eigenvalue weighted by Gasteiger charge is 2.17. The SMILES string of the molecule is CCN1CCC(NC(C)=O)CC1. The molecule has 1 N–H and O–H groups in total. The fraction of sp³-hybridized carbons (Fsp3) is 0.889. The Labute approximate surface area is 74.1 Å². The first-order chi connectivity index (χ1) is 5.72. The van der Waals surface area contributed by atoms with E-state index in [-0.39, 0.29) is 5.91 Å². The molecule has 0 unspecified atom stereocenters.